The van der Waals surface area contributed by atoms with Crippen molar-refractivity contribution < 1.29 is 35.7 Å². The number of nitrogens with zero attached hydrogens (tertiary/aromatic N) is 1. The van der Waals surface area contributed by atoms with Gasteiger partial charge in [0.15, 0.2) is 0 Å². The predicted octanol–water partition coefficient (Wildman–Crippen LogP) is 8.85. The molecule has 4 rings (SSSR count). The fourth-order valence-corrected chi connectivity index (χ4v) is 7.94. The number of hydrogen-bond acceptors (Lipinski definition) is 6. The number of rotatable bonds is 15. The molecule has 45 heavy (non-hydrogen) atoms. The van der Waals surface area contributed by atoms with Crippen LogP contribution in [0.1, 0.15) is 30.5 Å². The van der Waals surface area contributed by atoms with Crippen molar-refractivity contribution in [2.45, 2.75) is 37.5 Å². The molecular weight excluding hydrogens is 643 g/mol. The van der Waals surface area contributed by atoms with E-state index in [4.69, 9.17) is 30.1 Å². The van der Waals surface area contributed by atoms with Crippen molar-refractivity contribution in [2.24, 2.45) is 0 Å². The Hall–Kier alpha value is -3.11. The number of sulfonamides is 1. The average molecular weight is 678 g/mol. The first-order valence-corrected chi connectivity index (χ1v) is 17.1. The lowest BCUT2D eigenvalue weighted by Gasteiger charge is -2.27. The van der Waals surface area contributed by atoms with Gasteiger partial charge in [0.05, 0.1) is 32.5 Å². The molecule has 0 atom stereocenters. The van der Waals surface area contributed by atoms with E-state index in [0.29, 0.717) is 11.3 Å². The van der Waals surface area contributed by atoms with Crippen molar-refractivity contribution in [3.05, 3.63) is 113 Å². The summed E-state index contributed by atoms with van der Waals surface area (Å²) in [5.41, 5.74) is -1.10. The Morgan fingerprint density at radius 3 is 2.09 bits per heavy atom. The van der Waals surface area contributed by atoms with Gasteiger partial charge in [-0.3, -0.25) is 0 Å². The highest BCUT2D eigenvalue weighted by Gasteiger charge is 2.46. The first-order chi connectivity index (χ1) is 21.6. The Kier molecular flexibility index (Phi) is 11.9. The largest absolute Gasteiger partial charge is 0.497 e. The van der Waals surface area contributed by atoms with Crippen molar-refractivity contribution >= 4 is 30.0 Å². The zero-order valence-electron chi connectivity index (χ0n) is 25.4. The third-order valence-corrected chi connectivity index (χ3v) is 10.7. The van der Waals surface area contributed by atoms with E-state index in [1.54, 1.807) is 39.2 Å². The second-order valence-electron chi connectivity index (χ2n) is 9.76. The van der Waals surface area contributed by atoms with Gasteiger partial charge in [-0.1, -0.05) is 72.3 Å². The SMILES string of the molecule is CCOP(OCC)C(F)(F)c1ccc(CN(Cc2ccccc2-c2ccc(OC)cc2)S(=O)(=O)c2ccccc2OC)cc1Cl. The molecule has 0 unspecified atom stereocenters. The van der Waals surface area contributed by atoms with E-state index in [9.17, 15) is 8.42 Å². The molecular formula is C33H35ClF2NO6PS. The number of methoxy groups -OCH3 is 2. The van der Waals surface area contributed by atoms with Gasteiger partial charge in [-0.05, 0) is 66.4 Å². The Morgan fingerprint density at radius 1 is 0.822 bits per heavy atom. The summed E-state index contributed by atoms with van der Waals surface area (Å²) in [4.78, 5) is -0.0252. The van der Waals surface area contributed by atoms with Gasteiger partial charge in [0.1, 0.15) is 16.4 Å². The van der Waals surface area contributed by atoms with Crippen LogP contribution in [0.15, 0.2) is 95.9 Å². The van der Waals surface area contributed by atoms with Gasteiger partial charge in [-0.15, -0.1) is 0 Å². The van der Waals surface area contributed by atoms with E-state index in [1.165, 1.54) is 35.7 Å². The van der Waals surface area contributed by atoms with Gasteiger partial charge in [0, 0.05) is 18.7 Å². The Balaban J connectivity index is 1.76. The van der Waals surface area contributed by atoms with E-state index in [-0.39, 0.29) is 42.0 Å². The number of benzene rings is 4. The summed E-state index contributed by atoms with van der Waals surface area (Å²) in [6.07, 6.45) is 0. The van der Waals surface area contributed by atoms with Crippen LogP contribution >= 0.6 is 20.0 Å². The molecule has 0 aliphatic rings. The highest BCUT2D eigenvalue weighted by atomic mass is 35.5. The van der Waals surface area contributed by atoms with E-state index in [2.05, 4.69) is 0 Å². The molecule has 0 aromatic heterocycles. The fourth-order valence-electron chi connectivity index (χ4n) is 4.73. The van der Waals surface area contributed by atoms with Crippen LogP contribution in [0.4, 0.5) is 8.78 Å². The Bertz CT molecular complexity index is 1690. The highest BCUT2D eigenvalue weighted by molar-refractivity contribution is 7.89. The molecule has 4 aromatic carbocycles. The molecule has 0 N–H and O–H groups in total. The Labute approximate surface area is 269 Å². The molecule has 0 bridgehead atoms. The lowest BCUT2D eigenvalue weighted by atomic mass is 9.99. The van der Waals surface area contributed by atoms with Gasteiger partial charge >= 0.3 is 5.66 Å². The molecule has 12 heteroatoms. The standard InChI is InChI=1S/C33H35ClF2NO6PS/c1-5-42-44(43-6-2)33(35,36)29-20-15-24(21-30(29)34)22-37(45(38,39)32-14-10-9-13-31(32)41-4)23-26-11-7-8-12-28(26)25-16-18-27(40-3)19-17-25/h7-21H,5-6,22-23H2,1-4H3. The van der Waals surface area contributed by atoms with E-state index in [0.717, 1.165) is 16.7 Å². The number of halogens is 3. The summed E-state index contributed by atoms with van der Waals surface area (Å²) in [7, 11) is -3.77. The number of hydrogen-bond donors (Lipinski definition) is 0. The third-order valence-electron chi connectivity index (χ3n) is 6.89. The minimum Gasteiger partial charge on any atom is -0.497 e. The molecule has 0 aliphatic carbocycles. The summed E-state index contributed by atoms with van der Waals surface area (Å²) in [6, 6.07) is 25.3. The second-order valence-corrected chi connectivity index (χ2v) is 13.7. The van der Waals surface area contributed by atoms with Crippen molar-refractivity contribution in [1.82, 2.24) is 4.31 Å². The zero-order valence-corrected chi connectivity index (χ0v) is 27.8. The second kappa shape index (κ2) is 15.5. The molecule has 4 aromatic rings. The van der Waals surface area contributed by atoms with Crippen LogP contribution in [0.25, 0.3) is 11.1 Å². The molecule has 0 saturated heterocycles. The van der Waals surface area contributed by atoms with Crippen LogP contribution in [0.2, 0.25) is 5.02 Å². The van der Waals surface area contributed by atoms with E-state index < -0.39 is 29.6 Å². The van der Waals surface area contributed by atoms with Gasteiger partial charge in [-0.2, -0.15) is 13.1 Å². The first-order valence-electron chi connectivity index (χ1n) is 14.1. The van der Waals surface area contributed by atoms with E-state index in [1.807, 2.05) is 48.5 Å². The highest BCUT2D eigenvalue weighted by Crippen LogP contribution is 2.61. The van der Waals surface area contributed by atoms with Crippen LogP contribution in [-0.2, 0) is 37.8 Å². The first kappa shape index (κ1) is 34.8. The quantitative estimate of drug-likeness (QED) is 0.117. The molecule has 240 valence electrons. The van der Waals surface area contributed by atoms with Crippen molar-refractivity contribution in [2.75, 3.05) is 27.4 Å². The van der Waals surface area contributed by atoms with E-state index >= 15 is 8.78 Å². The topological polar surface area (TPSA) is 74.3 Å². The number of ether oxygens (including phenoxy) is 2. The molecule has 0 saturated carbocycles. The minimum atomic E-state index is -4.17. The van der Waals surface area contributed by atoms with Crippen molar-refractivity contribution in [3.8, 4) is 22.6 Å². The third kappa shape index (κ3) is 8.01. The van der Waals surface area contributed by atoms with Crippen LogP contribution in [0.3, 0.4) is 0 Å². The maximum atomic E-state index is 15.5. The molecule has 7 nitrogen and oxygen atoms in total. The van der Waals surface area contributed by atoms with Crippen molar-refractivity contribution in [1.29, 1.82) is 0 Å². The predicted molar refractivity (Wildman–Crippen MR) is 173 cm³/mol. The molecule has 0 fully saturated rings. The number of para-hydroxylation sites is 1. The summed E-state index contributed by atoms with van der Waals surface area (Å²) in [5.74, 6) is 0.872. The van der Waals surface area contributed by atoms with Gasteiger partial charge in [-0.25, -0.2) is 8.42 Å². The lowest BCUT2D eigenvalue weighted by molar-refractivity contribution is 0.0571. The normalized spacial score (nSPS) is 12.1. The van der Waals surface area contributed by atoms with Gasteiger partial charge < -0.3 is 18.5 Å². The van der Waals surface area contributed by atoms with Crippen LogP contribution in [0.5, 0.6) is 11.5 Å². The fraction of sp³-hybridized carbons (Fsp3) is 0.273. The van der Waals surface area contributed by atoms with Crippen LogP contribution in [0, 0.1) is 0 Å². The summed E-state index contributed by atoms with van der Waals surface area (Å²) < 4.78 is 81.8. The molecule has 0 amide bonds. The number of alkyl halides is 2. The average Bonchev–Trinajstić information content (AvgIpc) is 3.04. The lowest BCUT2D eigenvalue weighted by Crippen LogP contribution is -2.31. The van der Waals surface area contributed by atoms with Crippen LogP contribution < -0.4 is 9.47 Å². The van der Waals surface area contributed by atoms with Crippen LogP contribution in [-0.4, -0.2) is 40.2 Å². The Morgan fingerprint density at radius 2 is 1.47 bits per heavy atom. The minimum absolute atomic E-state index is 0.0252. The van der Waals surface area contributed by atoms with Crippen molar-refractivity contribution in [3.63, 3.8) is 0 Å². The summed E-state index contributed by atoms with van der Waals surface area (Å²) in [6.45, 7) is 3.12. The summed E-state index contributed by atoms with van der Waals surface area (Å²) >= 11 is 6.43. The zero-order chi connectivity index (χ0) is 32.6. The van der Waals surface area contributed by atoms with Gasteiger partial charge in [0.25, 0.3) is 8.38 Å². The monoisotopic (exact) mass is 677 g/mol. The molecule has 0 radical (unpaired) electrons. The molecule has 0 spiro atoms. The smallest absolute Gasteiger partial charge is 0.341 e. The van der Waals surface area contributed by atoms with Gasteiger partial charge in [0.2, 0.25) is 10.0 Å². The maximum Gasteiger partial charge on any atom is 0.341 e. The summed E-state index contributed by atoms with van der Waals surface area (Å²) in [5, 5.41) is -0.224. The molecule has 0 heterocycles. The maximum absolute atomic E-state index is 15.5. The molecule has 0 aliphatic heterocycles.